The van der Waals surface area contributed by atoms with E-state index in [4.69, 9.17) is 0 Å². The molecule has 0 aliphatic rings. The van der Waals surface area contributed by atoms with Gasteiger partial charge in [0.1, 0.15) is 5.82 Å². The van der Waals surface area contributed by atoms with Crippen molar-refractivity contribution < 1.29 is 4.39 Å². The van der Waals surface area contributed by atoms with Crippen molar-refractivity contribution in [3.8, 4) is 22.4 Å². The Morgan fingerprint density at radius 1 is 1.00 bits per heavy atom. The Morgan fingerprint density at radius 3 is 2.78 bits per heavy atom. The minimum atomic E-state index is -0.215. The second-order valence-corrected chi connectivity index (χ2v) is 5.40. The summed E-state index contributed by atoms with van der Waals surface area (Å²) in [6.07, 6.45) is 5.27. The van der Waals surface area contributed by atoms with E-state index in [1.165, 1.54) is 6.07 Å². The molecule has 4 nitrogen and oxygen atoms in total. The van der Waals surface area contributed by atoms with E-state index in [1.54, 1.807) is 31.6 Å². The van der Waals surface area contributed by atoms with Crippen molar-refractivity contribution in [3.05, 3.63) is 66.4 Å². The lowest BCUT2D eigenvalue weighted by molar-refractivity contribution is 0.619. The van der Waals surface area contributed by atoms with Crippen LogP contribution in [0.4, 0.5) is 4.39 Å². The molecule has 23 heavy (non-hydrogen) atoms. The maximum absolute atomic E-state index is 13.5. The molecular formula is C18H13FN4. The normalized spacial score (nSPS) is 11.0. The fourth-order valence-electron chi connectivity index (χ4n) is 2.64. The molecule has 4 aromatic rings. The lowest BCUT2D eigenvalue weighted by Gasteiger charge is -2.09. The summed E-state index contributed by atoms with van der Waals surface area (Å²) in [4.78, 5) is 8.87. The fraction of sp³-hybridized carbons (Fsp3) is 0.0556. The van der Waals surface area contributed by atoms with Crippen LogP contribution >= 0.6 is 0 Å². The van der Waals surface area contributed by atoms with Crippen molar-refractivity contribution in [2.24, 2.45) is 0 Å². The minimum Gasteiger partial charge on any atom is -0.261 e. The summed E-state index contributed by atoms with van der Waals surface area (Å²) in [6.45, 7) is 1.75. The van der Waals surface area contributed by atoms with Crippen LogP contribution < -0.4 is 0 Å². The highest BCUT2D eigenvalue weighted by Gasteiger charge is 2.11. The first kappa shape index (κ1) is 13.6. The molecule has 5 heteroatoms. The van der Waals surface area contributed by atoms with Crippen molar-refractivity contribution in [1.82, 2.24) is 20.2 Å². The fourth-order valence-corrected chi connectivity index (χ4v) is 2.64. The van der Waals surface area contributed by atoms with Gasteiger partial charge in [0.05, 0.1) is 11.9 Å². The van der Waals surface area contributed by atoms with Gasteiger partial charge < -0.3 is 0 Å². The lowest BCUT2D eigenvalue weighted by atomic mass is 9.99. The van der Waals surface area contributed by atoms with Crippen molar-refractivity contribution >= 4 is 11.0 Å². The molecule has 0 bridgehead atoms. The van der Waals surface area contributed by atoms with Crippen molar-refractivity contribution in [2.45, 2.75) is 6.92 Å². The van der Waals surface area contributed by atoms with Gasteiger partial charge >= 0.3 is 0 Å². The Morgan fingerprint density at radius 2 is 1.91 bits per heavy atom. The second kappa shape index (κ2) is 5.28. The monoisotopic (exact) mass is 304 g/mol. The molecule has 0 saturated carbocycles. The molecule has 0 aliphatic carbocycles. The maximum atomic E-state index is 13.5. The molecule has 1 N–H and O–H groups in total. The van der Waals surface area contributed by atoms with Crippen LogP contribution in [0.2, 0.25) is 0 Å². The average molecular weight is 304 g/mol. The van der Waals surface area contributed by atoms with Gasteiger partial charge in [-0.05, 0) is 42.8 Å². The minimum absolute atomic E-state index is 0.215. The van der Waals surface area contributed by atoms with Gasteiger partial charge in [0.2, 0.25) is 0 Å². The molecule has 0 aliphatic heterocycles. The molecular weight excluding hydrogens is 291 g/mol. The van der Waals surface area contributed by atoms with Gasteiger partial charge in [-0.1, -0.05) is 6.07 Å². The van der Waals surface area contributed by atoms with Gasteiger partial charge in [-0.15, -0.1) is 0 Å². The molecule has 4 rings (SSSR count). The molecule has 0 spiro atoms. The molecule has 0 unspecified atom stereocenters. The number of hydrogen-bond acceptors (Lipinski definition) is 3. The Kier molecular flexibility index (Phi) is 3.12. The van der Waals surface area contributed by atoms with Gasteiger partial charge in [0.15, 0.2) is 5.65 Å². The largest absolute Gasteiger partial charge is 0.261 e. The third kappa shape index (κ3) is 2.36. The molecule has 0 radical (unpaired) electrons. The van der Waals surface area contributed by atoms with E-state index in [1.807, 2.05) is 24.3 Å². The zero-order valence-corrected chi connectivity index (χ0v) is 12.4. The average Bonchev–Trinajstić information content (AvgIpc) is 3.05. The highest BCUT2D eigenvalue weighted by Crippen LogP contribution is 2.31. The number of nitrogens with zero attached hydrogens (tertiary/aromatic N) is 3. The Hall–Kier alpha value is -3.08. The molecule has 1 aromatic carbocycles. The smallest absolute Gasteiger partial charge is 0.155 e. The molecule has 3 heterocycles. The summed E-state index contributed by atoms with van der Waals surface area (Å²) < 4.78 is 13.5. The van der Waals surface area contributed by atoms with Crippen LogP contribution in [0.5, 0.6) is 0 Å². The standard InChI is InChI=1S/C18H13FN4/c1-11-7-12(4-5-16(11)19)17-15(3-2-6-20-17)13-8-14-10-22-23-18(14)21-9-13/h2-10H,1H3,(H,21,22,23). The van der Waals surface area contributed by atoms with Gasteiger partial charge in [0.25, 0.3) is 0 Å². The van der Waals surface area contributed by atoms with E-state index in [0.717, 1.165) is 33.4 Å². The second-order valence-electron chi connectivity index (χ2n) is 5.40. The molecule has 0 saturated heterocycles. The predicted octanol–water partition coefficient (Wildman–Crippen LogP) is 4.13. The van der Waals surface area contributed by atoms with E-state index < -0.39 is 0 Å². The van der Waals surface area contributed by atoms with Gasteiger partial charge in [-0.2, -0.15) is 5.10 Å². The molecule has 0 amide bonds. The Labute approximate surface area is 132 Å². The van der Waals surface area contributed by atoms with Crippen LogP contribution in [0.3, 0.4) is 0 Å². The van der Waals surface area contributed by atoms with E-state index in [9.17, 15) is 4.39 Å². The van der Waals surface area contributed by atoms with Gasteiger partial charge in [0, 0.05) is 34.5 Å². The summed E-state index contributed by atoms with van der Waals surface area (Å²) in [6, 6.07) is 10.9. The molecule has 112 valence electrons. The Balaban J connectivity index is 1.90. The number of aromatic amines is 1. The van der Waals surface area contributed by atoms with E-state index in [0.29, 0.717) is 5.56 Å². The van der Waals surface area contributed by atoms with E-state index in [2.05, 4.69) is 20.2 Å². The van der Waals surface area contributed by atoms with Crippen LogP contribution in [-0.2, 0) is 0 Å². The number of halogens is 1. The molecule has 0 fully saturated rings. The SMILES string of the molecule is Cc1cc(-c2ncccc2-c2cnc3[nH]ncc3c2)ccc1F. The van der Waals surface area contributed by atoms with Gasteiger partial charge in [-0.25, -0.2) is 9.37 Å². The first-order valence-corrected chi connectivity index (χ1v) is 7.23. The summed E-state index contributed by atoms with van der Waals surface area (Å²) in [5.41, 5.74) is 4.93. The van der Waals surface area contributed by atoms with E-state index >= 15 is 0 Å². The number of aromatic nitrogens is 4. The third-order valence-corrected chi connectivity index (χ3v) is 3.84. The van der Waals surface area contributed by atoms with Gasteiger partial charge in [-0.3, -0.25) is 10.1 Å². The summed E-state index contributed by atoms with van der Waals surface area (Å²) in [5.74, 6) is -0.215. The summed E-state index contributed by atoms with van der Waals surface area (Å²) in [5, 5.41) is 7.77. The van der Waals surface area contributed by atoms with Crippen LogP contribution in [0, 0.1) is 12.7 Å². The number of rotatable bonds is 2. The number of nitrogens with one attached hydrogen (secondary N) is 1. The topological polar surface area (TPSA) is 54.5 Å². The van der Waals surface area contributed by atoms with Crippen LogP contribution in [0.25, 0.3) is 33.4 Å². The van der Waals surface area contributed by atoms with E-state index in [-0.39, 0.29) is 5.82 Å². The highest BCUT2D eigenvalue weighted by molar-refractivity contribution is 5.86. The maximum Gasteiger partial charge on any atom is 0.155 e. The first-order chi connectivity index (χ1) is 11.2. The summed E-state index contributed by atoms with van der Waals surface area (Å²) >= 11 is 0. The predicted molar refractivity (Wildman–Crippen MR) is 87.3 cm³/mol. The molecule has 3 aromatic heterocycles. The molecule has 0 atom stereocenters. The number of pyridine rings is 2. The van der Waals surface area contributed by atoms with Crippen LogP contribution in [0.15, 0.2) is 55.0 Å². The number of H-pyrrole nitrogens is 1. The zero-order valence-electron chi connectivity index (χ0n) is 12.4. The quantitative estimate of drug-likeness (QED) is 0.605. The number of hydrogen-bond donors (Lipinski definition) is 1. The number of aryl methyl sites for hydroxylation is 1. The van der Waals surface area contributed by atoms with Crippen LogP contribution in [-0.4, -0.2) is 20.2 Å². The third-order valence-electron chi connectivity index (χ3n) is 3.84. The first-order valence-electron chi connectivity index (χ1n) is 7.23. The summed E-state index contributed by atoms with van der Waals surface area (Å²) in [7, 11) is 0. The zero-order chi connectivity index (χ0) is 15.8. The number of fused-ring (bicyclic) bond motifs is 1. The van der Waals surface area contributed by atoms with Crippen molar-refractivity contribution in [1.29, 1.82) is 0 Å². The van der Waals surface area contributed by atoms with Crippen LogP contribution in [0.1, 0.15) is 5.56 Å². The Bertz CT molecular complexity index is 1010. The van der Waals surface area contributed by atoms with Crippen molar-refractivity contribution in [2.75, 3.05) is 0 Å². The lowest BCUT2D eigenvalue weighted by Crippen LogP contribution is -1.91. The van der Waals surface area contributed by atoms with Crippen molar-refractivity contribution in [3.63, 3.8) is 0 Å². The number of benzene rings is 1. The highest BCUT2D eigenvalue weighted by atomic mass is 19.1.